The summed E-state index contributed by atoms with van der Waals surface area (Å²) >= 11 is 6.12. The van der Waals surface area contributed by atoms with Crippen molar-refractivity contribution in [1.29, 1.82) is 0 Å². The highest BCUT2D eigenvalue weighted by atomic mass is 35.5. The van der Waals surface area contributed by atoms with Gasteiger partial charge >= 0.3 is 5.97 Å². The van der Waals surface area contributed by atoms with Crippen molar-refractivity contribution in [3.05, 3.63) is 59.6 Å². The van der Waals surface area contributed by atoms with Gasteiger partial charge in [-0.05, 0) is 31.2 Å². The summed E-state index contributed by atoms with van der Waals surface area (Å²) in [6.07, 6.45) is 0.157. The smallest absolute Gasteiger partial charge is 0.354 e. The van der Waals surface area contributed by atoms with Crippen LogP contribution in [-0.4, -0.2) is 30.2 Å². The van der Waals surface area contributed by atoms with Crippen LogP contribution in [-0.2, 0) is 14.3 Å². The molecule has 0 bridgehead atoms. The number of esters is 1. The molecule has 1 aliphatic heterocycles. The van der Waals surface area contributed by atoms with Gasteiger partial charge in [0.15, 0.2) is 0 Å². The number of carbonyl (C=O) groups is 2. The first-order valence-electron chi connectivity index (χ1n) is 8.24. The largest absolute Gasteiger partial charge is 0.461 e. The quantitative estimate of drug-likeness (QED) is 0.817. The molecule has 0 aliphatic carbocycles. The van der Waals surface area contributed by atoms with Crippen molar-refractivity contribution in [1.82, 2.24) is 0 Å². The van der Waals surface area contributed by atoms with Crippen molar-refractivity contribution in [3.63, 3.8) is 0 Å². The van der Waals surface area contributed by atoms with E-state index in [1.54, 1.807) is 36.2 Å². The number of benzene rings is 2. The number of halogens is 1. The van der Waals surface area contributed by atoms with Crippen LogP contribution in [0.25, 0.3) is 0 Å². The summed E-state index contributed by atoms with van der Waals surface area (Å²) in [4.78, 5) is 24.9. The molecule has 0 aromatic heterocycles. The number of hydrogen-bond donors (Lipinski definition) is 1. The normalized spacial score (nSPS) is 16.2. The van der Waals surface area contributed by atoms with E-state index in [1.165, 1.54) is 0 Å². The standard InChI is InChI=1S/C19H18ClN3O3/c1-2-26-19(25)16-12-17(23(22-16)13-8-4-3-5-9-13)18(24)21-15-11-7-6-10-14(15)20/h3-11,17H,2,12H2,1H3,(H,21,24). The first-order chi connectivity index (χ1) is 12.6. The number of carbonyl (C=O) groups excluding carboxylic acids is 2. The minimum Gasteiger partial charge on any atom is -0.461 e. The lowest BCUT2D eigenvalue weighted by Crippen LogP contribution is -2.38. The molecule has 1 aliphatic rings. The number of para-hydroxylation sites is 2. The van der Waals surface area contributed by atoms with E-state index in [0.29, 0.717) is 16.4 Å². The van der Waals surface area contributed by atoms with Crippen LogP contribution in [0.15, 0.2) is 59.7 Å². The van der Waals surface area contributed by atoms with Gasteiger partial charge in [0.1, 0.15) is 11.8 Å². The second-order valence-corrected chi connectivity index (χ2v) is 6.04. The summed E-state index contributed by atoms with van der Waals surface area (Å²) < 4.78 is 5.03. The fourth-order valence-corrected chi connectivity index (χ4v) is 2.83. The molecular weight excluding hydrogens is 354 g/mol. The van der Waals surface area contributed by atoms with Gasteiger partial charge in [0, 0.05) is 6.42 Å². The summed E-state index contributed by atoms with van der Waals surface area (Å²) in [5.74, 6) is -0.813. The van der Waals surface area contributed by atoms with Gasteiger partial charge in [-0.2, -0.15) is 5.10 Å². The van der Waals surface area contributed by atoms with E-state index in [-0.39, 0.29) is 24.6 Å². The van der Waals surface area contributed by atoms with Crippen molar-refractivity contribution in [2.75, 3.05) is 16.9 Å². The minimum absolute atomic E-state index is 0.157. The van der Waals surface area contributed by atoms with E-state index in [2.05, 4.69) is 10.4 Å². The Bertz CT molecular complexity index is 839. The third kappa shape index (κ3) is 3.86. The molecule has 26 heavy (non-hydrogen) atoms. The Kier molecular flexibility index (Phi) is 5.53. The Morgan fingerprint density at radius 1 is 1.19 bits per heavy atom. The fourth-order valence-electron chi connectivity index (χ4n) is 2.65. The predicted octanol–water partition coefficient (Wildman–Crippen LogP) is 3.48. The highest BCUT2D eigenvalue weighted by Crippen LogP contribution is 2.27. The van der Waals surface area contributed by atoms with E-state index >= 15 is 0 Å². The van der Waals surface area contributed by atoms with Gasteiger partial charge < -0.3 is 10.1 Å². The van der Waals surface area contributed by atoms with Crippen molar-refractivity contribution in [2.24, 2.45) is 5.10 Å². The van der Waals surface area contributed by atoms with E-state index in [1.807, 2.05) is 30.3 Å². The number of hydrogen-bond acceptors (Lipinski definition) is 5. The second-order valence-electron chi connectivity index (χ2n) is 5.64. The molecule has 6 nitrogen and oxygen atoms in total. The fraction of sp³-hybridized carbons (Fsp3) is 0.211. The van der Waals surface area contributed by atoms with E-state index < -0.39 is 12.0 Å². The average Bonchev–Trinajstić information content (AvgIpc) is 3.10. The van der Waals surface area contributed by atoms with Crippen LogP contribution in [0.1, 0.15) is 13.3 Å². The zero-order valence-corrected chi connectivity index (χ0v) is 14.9. The summed E-state index contributed by atoms with van der Waals surface area (Å²) in [6.45, 7) is 1.98. The molecule has 2 aromatic rings. The Morgan fingerprint density at radius 3 is 2.58 bits per heavy atom. The molecular formula is C19H18ClN3O3. The molecule has 3 rings (SSSR count). The van der Waals surface area contributed by atoms with Crippen molar-refractivity contribution < 1.29 is 14.3 Å². The molecule has 1 N–H and O–H groups in total. The van der Waals surface area contributed by atoms with Gasteiger partial charge in [0.2, 0.25) is 5.91 Å². The van der Waals surface area contributed by atoms with Crippen LogP contribution >= 0.6 is 11.6 Å². The van der Waals surface area contributed by atoms with E-state index in [0.717, 1.165) is 0 Å². The first kappa shape index (κ1) is 17.9. The van der Waals surface area contributed by atoms with Crippen molar-refractivity contribution >= 4 is 40.6 Å². The molecule has 0 spiro atoms. The number of amides is 1. The molecule has 0 saturated heterocycles. The van der Waals surface area contributed by atoms with Crippen LogP contribution < -0.4 is 10.3 Å². The van der Waals surface area contributed by atoms with Crippen LogP contribution in [0.3, 0.4) is 0 Å². The summed E-state index contributed by atoms with van der Waals surface area (Å²) in [7, 11) is 0. The lowest BCUT2D eigenvalue weighted by Gasteiger charge is -2.22. The zero-order chi connectivity index (χ0) is 18.5. The molecule has 134 valence electrons. The maximum Gasteiger partial charge on any atom is 0.354 e. The molecule has 0 fully saturated rings. The second kappa shape index (κ2) is 8.01. The van der Waals surface area contributed by atoms with Crippen LogP contribution in [0, 0.1) is 0 Å². The Hall–Kier alpha value is -2.86. The van der Waals surface area contributed by atoms with Crippen LogP contribution in [0.5, 0.6) is 0 Å². The number of nitrogens with zero attached hydrogens (tertiary/aromatic N) is 2. The molecule has 1 heterocycles. The molecule has 1 amide bonds. The maximum atomic E-state index is 12.8. The molecule has 7 heteroatoms. The van der Waals surface area contributed by atoms with Crippen LogP contribution in [0.4, 0.5) is 11.4 Å². The van der Waals surface area contributed by atoms with Gasteiger partial charge in [-0.3, -0.25) is 9.80 Å². The molecule has 0 saturated carbocycles. The summed E-state index contributed by atoms with van der Waals surface area (Å²) in [5, 5.41) is 9.11. The Labute approximate surface area is 156 Å². The average molecular weight is 372 g/mol. The van der Waals surface area contributed by atoms with Crippen molar-refractivity contribution in [2.45, 2.75) is 19.4 Å². The third-order valence-corrected chi connectivity index (χ3v) is 4.21. The molecule has 1 unspecified atom stereocenters. The summed E-state index contributed by atoms with van der Waals surface area (Å²) in [6, 6.07) is 15.5. The predicted molar refractivity (Wildman–Crippen MR) is 101 cm³/mol. The van der Waals surface area contributed by atoms with Gasteiger partial charge in [0.05, 0.1) is 23.0 Å². The van der Waals surface area contributed by atoms with Gasteiger partial charge in [-0.1, -0.05) is 41.9 Å². The number of anilines is 2. The Morgan fingerprint density at radius 2 is 1.88 bits per heavy atom. The topological polar surface area (TPSA) is 71.0 Å². The van der Waals surface area contributed by atoms with E-state index in [9.17, 15) is 9.59 Å². The monoisotopic (exact) mass is 371 g/mol. The first-order valence-corrected chi connectivity index (χ1v) is 8.62. The van der Waals surface area contributed by atoms with Crippen LogP contribution in [0.2, 0.25) is 5.02 Å². The molecule has 0 radical (unpaired) electrons. The highest BCUT2D eigenvalue weighted by Gasteiger charge is 2.37. The summed E-state index contributed by atoms with van der Waals surface area (Å²) in [5.41, 5.74) is 1.44. The SMILES string of the molecule is CCOC(=O)C1=NN(c2ccccc2)C(C(=O)Nc2ccccc2Cl)C1. The number of ether oxygens (including phenoxy) is 1. The number of nitrogens with one attached hydrogen (secondary N) is 1. The van der Waals surface area contributed by atoms with Gasteiger partial charge in [-0.15, -0.1) is 0 Å². The third-order valence-electron chi connectivity index (χ3n) is 3.88. The van der Waals surface area contributed by atoms with E-state index in [4.69, 9.17) is 16.3 Å². The van der Waals surface area contributed by atoms with Gasteiger partial charge in [-0.25, -0.2) is 4.79 Å². The number of hydrazone groups is 1. The zero-order valence-electron chi connectivity index (χ0n) is 14.2. The number of rotatable bonds is 5. The molecule has 2 aromatic carbocycles. The van der Waals surface area contributed by atoms with Crippen molar-refractivity contribution in [3.8, 4) is 0 Å². The maximum absolute atomic E-state index is 12.8. The lowest BCUT2D eigenvalue weighted by molar-refractivity contribution is -0.135. The Balaban J connectivity index is 1.85. The molecule has 1 atom stereocenters. The minimum atomic E-state index is -0.673. The lowest BCUT2D eigenvalue weighted by atomic mass is 10.1. The van der Waals surface area contributed by atoms with Gasteiger partial charge in [0.25, 0.3) is 0 Å². The highest BCUT2D eigenvalue weighted by molar-refractivity contribution is 6.38.